The van der Waals surface area contributed by atoms with Gasteiger partial charge in [0.05, 0.1) is 6.21 Å². The number of aromatic amines is 2. The van der Waals surface area contributed by atoms with Gasteiger partial charge in [-0.3, -0.25) is 19.3 Å². The fourth-order valence-corrected chi connectivity index (χ4v) is 3.47. The fraction of sp³-hybridized carbons (Fsp3) is 0. The van der Waals surface area contributed by atoms with E-state index >= 15 is 0 Å². The number of hydrogen-bond donors (Lipinski definition) is 4. The molecule has 0 aliphatic carbocycles. The molecule has 4 N–H and O–H groups in total. The van der Waals surface area contributed by atoms with Gasteiger partial charge in [0, 0.05) is 22.5 Å². The van der Waals surface area contributed by atoms with E-state index in [0.29, 0.717) is 5.02 Å². The number of nitrogens with zero attached hydrogens (tertiary/aromatic N) is 1. The van der Waals surface area contributed by atoms with E-state index < -0.39 is 32.1 Å². The van der Waals surface area contributed by atoms with Crippen LogP contribution in [0.4, 0.5) is 5.69 Å². The van der Waals surface area contributed by atoms with Crippen LogP contribution in [0.3, 0.4) is 0 Å². The average molecular weight is 448 g/mol. The van der Waals surface area contributed by atoms with Crippen molar-refractivity contribution >= 4 is 39.4 Å². The van der Waals surface area contributed by atoms with E-state index in [2.05, 4.69) is 20.2 Å². The maximum Gasteiger partial charge on any atom is 0.325 e. The molecule has 10 nitrogen and oxygen atoms in total. The highest BCUT2D eigenvalue weighted by molar-refractivity contribution is 7.92. The normalized spacial score (nSPS) is 11.4. The summed E-state index contributed by atoms with van der Waals surface area (Å²) in [5, 5.41) is 4.42. The van der Waals surface area contributed by atoms with Crippen molar-refractivity contribution in [2.75, 3.05) is 4.72 Å². The van der Waals surface area contributed by atoms with E-state index in [0.717, 1.165) is 11.8 Å². The number of carbonyl (C=O) groups is 1. The monoisotopic (exact) mass is 447 g/mol. The van der Waals surface area contributed by atoms with E-state index in [1.807, 2.05) is 4.98 Å². The van der Waals surface area contributed by atoms with E-state index in [1.54, 1.807) is 24.3 Å². The number of aromatic nitrogens is 2. The van der Waals surface area contributed by atoms with Gasteiger partial charge >= 0.3 is 5.69 Å². The molecule has 1 aromatic heterocycles. The Hall–Kier alpha value is -3.70. The molecule has 3 aromatic rings. The number of amides is 1. The van der Waals surface area contributed by atoms with Crippen LogP contribution in [0.2, 0.25) is 5.02 Å². The summed E-state index contributed by atoms with van der Waals surface area (Å²) in [6.45, 7) is 0. The molecular formula is C18H14ClN5O5S. The summed E-state index contributed by atoms with van der Waals surface area (Å²) < 4.78 is 26.8. The van der Waals surface area contributed by atoms with E-state index in [4.69, 9.17) is 11.6 Å². The zero-order valence-electron chi connectivity index (χ0n) is 15.0. The molecule has 12 heteroatoms. The highest BCUT2D eigenvalue weighted by atomic mass is 35.5. The molecule has 1 heterocycles. The molecule has 0 aliphatic heterocycles. The number of nitrogens with one attached hydrogen (secondary N) is 4. The lowest BCUT2D eigenvalue weighted by Gasteiger charge is -2.07. The summed E-state index contributed by atoms with van der Waals surface area (Å²) in [7, 11) is -4.24. The van der Waals surface area contributed by atoms with Gasteiger partial charge in [-0.25, -0.2) is 18.6 Å². The Morgan fingerprint density at radius 1 is 1.03 bits per heavy atom. The molecule has 0 spiro atoms. The molecule has 30 heavy (non-hydrogen) atoms. The Kier molecular flexibility index (Phi) is 6.14. The molecular weight excluding hydrogens is 434 g/mol. The predicted octanol–water partition coefficient (Wildman–Crippen LogP) is 1.28. The van der Waals surface area contributed by atoms with Crippen molar-refractivity contribution < 1.29 is 13.2 Å². The summed E-state index contributed by atoms with van der Waals surface area (Å²) in [6.07, 6.45) is 2.24. The largest absolute Gasteiger partial charge is 0.325 e. The van der Waals surface area contributed by atoms with Gasteiger partial charge in [-0.05, 0) is 42.0 Å². The lowest BCUT2D eigenvalue weighted by atomic mass is 10.2. The van der Waals surface area contributed by atoms with Gasteiger partial charge in [-0.2, -0.15) is 5.10 Å². The molecule has 2 aromatic carbocycles. The Bertz CT molecular complexity index is 1310. The summed E-state index contributed by atoms with van der Waals surface area (Å²) in [4.78, 5) is 38.1. The van der Waals surface area contributed by atoms with Crippen LogP contribution in [0.25, 0.3) is 0 Å². The van der Waals surface area contributed by atoms with Gasteiger partial charge in [0.25, 0.3) is 21.5 Å². The second-order valence-electron chi connectivity index (χ2n) is 5.87. The lowest BCUT2D eigenvalue weighted by Crippen LogP contribution is -2.29. The van der Waals surface area contributed by atoms with Gasteiger partial charge in [0.15, 0.2) is 4.90 Å². The molecule has 0 radical (unpaired) electrons. The van der Waals surface area contributed by atoms with Crippen LogP contribution in [0, 0.1) is 0 Å². The number of benzene rings is 2. The molecule has 0 saturated carbocycles. The topological polar surface area (TPSA) is 153 Å². The van der Waals surface area contributed by atoms with Crippen molar-refractivity contribution in [2.45, 2.75) is 4.90 Å². The van der Waals surface area contributed by atoms with Gasteiger partial charge in [-0.15, -0.1) is 0 Å². The minimum Gasteiger partial charge on any atom is -0.313 e. The Labute approximate surface area is 174 Å². The molecule has 0 bridgehead atoms. The van der Waals surface area contributed by atoms with E-state index in [1.165, 1.54) is 30.5 Å². The van der Waals surface area contributed by atoms with Crippen molar-refractivity contribution in [1.29, 1.82) is 0 Å². The maximum atomic E-state index is 12.3. The van der Waals surface area contributed by atoms with Crippen molar-refractivity contribution in [1.82, 2.24) is 15.4 Å². The van der Waals surface area contributed by atoms with Crippen LogP contribution in [-0.2, 0) is 10.0 Å². The summed E-state index contributed by atoms with van der Waals surface area (Å²) in [5.74, 6) is -0.508. The fourth-order valence-electron chi connectivity index (χ4n) is 2.28. The van der Waals surface area contributed by atoms with Gasteiger partial charge in [0.2, 0.25) is 0 Å². The first-order valence-electron chi connectivity index (χ1n) is 8.28. The van der Waals surface area contributed by atoms with Crippen LogP contribution in [0.15, 0.2) is 74.3 Å². The standard InChI is InChI=1S/C18H14ClN5O5S/c19-13-5-1-11(2-6-13)9-21-23-16(25)12-3-7-14(8-4-12)24-30(28,29)15-10-20-18(27)22-17(15)26/h1-10,24H,(H,23,25)(H2,20,22,26,27)/b21-9+. The Morgan fingerprint density at radius 3 is 2.33 bits per heavy atom. The zero-order valence-corrected chi connectivity index (χ0v) is 16.6. The second-order valence-corrected chi connectivity index (χ2v) is 7.96. The molecule has 1 amide bonds. The number of anilines is 1. The van der Waals surface area contributed by atoms with Crippen LogP contribution in [-0.4, -0.2) is 30.5 Å². The van der Waals surface area contributed by atoms with Crippen molar-refractivity contribution in [3.8, 4) is 0 Å². The summed E-state index contributed by atoms with van der Waals surface area (Å²) in [5.41, 5.74) is 1.55. The number of hydrazone groups is 1. The smallest absolute Gasteiger partial charge is 0.313 e. The SMILES string of the molecule is O=C(N/N=C/c1ccc(Cl)cc1)c1ccc(NS(=O)(=O)c2c[nH]c(=O)[nH]c2=O)cc1. The first-order valence-corrected chi connectivity index (χ1v) is 10.1. The zero-order chi connectivity index (χ0) is 21.7. The van der Waals surface area contributed by atoms with Gasteiger partial charge < -0.3 is 4.98 Å². The van der Waals surface area contributed by atoms with E-state index in [9.17, 15) is 22.8 Å². The number of rotatable bonds is 6. The molecule has 0 unspecified atom stereocenters. The highest BCUT2D eigenvalue weighted by Crippen LogP contribution is 2.14. The molecule has 0 saturated heterocycles. The van der Waals surface area contributed by atoms with Crippen LogP contribution < -0.4 is 21.4 Å². The number of hydrogen-bond acceptors (Lipinski definition) is 6. The number of halogens is 1. The Morgan fingerprint density at radius 2 is 1.70 bits per heavy atom. The van der Waals surface area contributed by atoms with Crippen molar-refractivity contribution in [3.63, 3.8) is 0 Å². The van der Waals surface area contributed by atoms with Crippen LogP contribution in [0.5, 0.6) is 0 Å². The average Bonchev–Trinajstić information content (AvgIpc) is 2.69. The third-order valence-electron chi connectivity index (χ3n) is 3.72. The summed E-state index contributed by atoms with van der Waals surface area (Å²) >= 11 is 5.79. The highest BCUT2D eigenvalue weighted by Gasteiger charge is 2.19. The minimum absolute atomic E-state index is 0.113. The van der Waals surface area contributed by atoms with Crippen LogP contribution >= 0.6 is 11.6 Å². The number of H-pyrrole nitrogens is 2. The molecule has 0 aliphatic rings. The minimum atomic E-state index is -4.24. The first kappa shape index (κ1) is 21.0. The third kappa shape index (κ3) is 5.21. The molecule has 0 atom stereocenters. The quantitative estimate of drug-likeness (QED) is 0.331. The van der Waals surface area contributed by atoms with Gasteiger partial charge in [0.1, 0.15) is 0 Å². The number of carbonyl (C=O) groups excluding carboxylic acids is 1. The Balaban J connectivity index is 1.66. The van der Waals surface area contributed by atoms with Crippen molar-refractivity contribution in [2.24, 2.45) is 5.10 Å². The second kappa shape index (κ2) is 8.76. The predicted molar refractivity (Wildman–Crippen MR) is 111 cm³/mol. The molecule has 0 fully saturated rings. The first-order chi connectivity index (χ1) is 14.2. The maximum absolute atomic E-state index is 12.3. The van der Waals surface area contributed by atoms with Crippen LogP contribution in [0.1, 0.15) is 15.9 Å². The summed E-state index contributed by atoms with van der Waals surface area (Å²) in [6, 6.07) is 12.3. The van der Waals surface area contributed by atoms with E-state index in [-0.39, 0.29) is 11.3 Å². The van der Waals surface area contributed by atoms with Crippen molar-refractivity contribution in [3.05, 3.63) is 91.7 Å². The third-order valence-corrected chi connectivity index (χ3v) is 5.36. The molecule has 154 valence electrons. The number of sulfonamides is 1. The molecule has 3 rings (SSSR count). The lowest BCUT2D eigenvalue weighted by molar-refractivity contribution is 0.0955. The van der Waals surface area contributed by atoms with Gasteiger partial charge in [-0.1, -0.05) is 23.7 Å².